The number of hydrogen-bond donors (Lipinski definition) is 1. The minimum Gasteiger partial charge on any atom is -0.478 e. The molecule has 0 bridgehead atoms. The molecule has 110 valence electrons. The summed E-state index contributed by atoms with van der Waals surface area (Å²) in [5.74, 6) is -1.48. The number of ether oxygens (including phenoxy) is 1. The number of rotatable bonds is 4. The van der Waals surface area contributed by atoms with Gasteiger partial charge in [0, 0.05) is 19.8 Å². The van der Waals surface area contributed by atoms with Gasteiger partial charge in [-0.05, 0) is 37.0 Å². The molecule has 2 amide bonds. The van der Waals surface area contributed by atoms with Crippen LogP contribution in [0.25, 0.3) is 0 Å². The van der Waals surface area contributed by atoms with Crippen LogP contribution in [0.3, 0.4) is 0 Å². The molecule has 21 heavy (non-hydrogen) atoms. The quantitative estimate of drug-likeness (QED) is 0.847. The van der Waals surface area contributed by atoms with Gasteiger partial charge in [0.25, 0.3) is 11.8 Å². The fourth-order valence-electron chi connectivity index (χ4n) is 2.75. The Balaban J connectivity index is 1.77. The highest BCUT2D eigenvalue weighted by Crippen LogP contribution is 2.26. The van der Waals surface area contributed by atoms with Crippen LogP contribution in [0.5, 0.6) is 0 Å². The van der Waals surface area contributed by atoms with Crippen LogP contribution >= 0.6 is 0 Å². The number of fused-ring (bicyclic) bond motifs is 1. The second kappa shape index (κ2) is 5.29. The lowest BCUT2D eigenvalue weighted by atomic mass is 10.1. The van der Waals surface area contributed by atoms with E-state index in [4.69, 9.17) is 9.84 Å². The molecular weight excluding hydrogens is 274 g/mol. The minimum absolute atomic E-state index is 0.0148. The number of hydrogen-bond acceptors (Lipinski definition) is 4. The number of nitrogens with zero attached hydrogens (tertiary/aromatic N) is 1. The number of aromatic carboxylic acids is 1. The molecule has 1 N–H and O–H groups in total. The van der Waals surface area contributed by atoms with Gasteiger partial charge in [-0.25, -0.2) is 4.79 Å². The molecule has 1 saturated heterocycles. The summed E-state index contributed by atoms with van der Waals surface area (Å²) in [5, 5.41) is 8.96. The van der Waals surface area contributed by atoms with Crippen molar-refractivity contribution in [3.8, 4) is 0 Å². The Hall–Kier alpha value is -2.21. The van der Waals surface area contributed by atoms with Crippen molar-refractivity contribution in [1.29, 1.82) is 0 Å². The van der Waals surface area contributed by atoms with Gasteiger partial charge in [-0.1, -0.05) is 0 Å². The third-order valence-electron chi connectivity index (χ3n) is 4.00. The fraction of sp³-hybridized carbons (Fsp3) is 0.400. The predicted molar refractivity (Wildman–Crippen MR) is 72.3 cm³/mol. The Morgan fingerprint density at radius 3 is 2.71 bits per heavy atom. The van der Waals surface area contributed by atoms with E-state index in [1.165, 1.54) is 23.1 Å². The number of carboxylic acid groups (broad SMARTS) is 1. The van der Waals surface area contributed by atoms with E-state index in [0.29, 0.717) is 19.1 Å². The first-order valence-electron chi connectivity index (χ1n) is 6.89. The maximum absolute atomic E-state index is 12.3. The average molecular weight is 289 g/mol. The molecule has 0 aliphatic carbocycles. The lowest BCUT2D eigenvalue weighted by Gasteiger charge is -2.15. The Kier molecular flexibility index (Phi) is 3.47. The number of carboxylic acids is 1. The zero-order valence-electron chi connectivity index (χ0n) is 11.4. The van der Waals surface area contributed by atoms with Crippen LogP contribution in [0.4, 0.5) is 0 Å². The molecule has 1 fully saturated rings. The van der Waals surface area contributed by atoms with Gasteiger partial charge in [-0.3, -0.25) is 14.5 Å². The molecule has 0 saturated carbocycles. The minimum atomic E-state index is -1.11. The van der Waals surface area contributed by atoms with Crippen LogP contribution in [0.15, 0.2) is 18.2 Å². The van der Waals surface area contributed by atoms with Gasteiger partial charge in [0.05, 0.1) is 16.7 Å². The van der Waals surface area contributed by atoms with Gasteiger partial charge in [0.2, 0.25) is 0 Å². The summed E-state index contributed by atoms with van der Waals surface area (Å²) in [5.41, 5.74) is 0.483. The van der Waals surface area contributed by atoms with Crippen molar-refractivity contribution in [1.82, 2.24) is 4.90 Å². The van der Waals surface area contributed by atoms with Gasteiger partial charge in [-0.2, -0.15) is 0 Å². The van der Waals surface area contributed by atoms with Crippen LogP contribution < -0.4 is 0 Å². The van der Waals surface area contributed by atoms with Crippen molar-refractivity contribution in [3.63, 3.8) is 0 Å². The molecule has 3 rings (SSSR count). The zero-order chi connectivity index (χ0) is 15.0. The molecule has 6 heteroatoms. The van der Waals surface area contributed by atoms with Gasteiger partial charge in [-0.15, -0.1) is 0 Å². The summed E-state index contributed by atoms with van der Waals surface area (Å²) in [7, 11) is 0. The standard InChI is InChI=1S/C15H15NO5/c17-13-11-2-1-10(15(19)20)7-12(11)14(18)16(13)5-3-9-4-6-21-8-9/h1-2,7,9H,3-6,8H2,(H,19,20). The van der Waals surface area contributed by atoms with E-state index in [1.54, 1.807) is 0 Å². The smallest absolute Gasteiger partial charge is 0.335 e. The van der Waals surface area contributed by atoms with Crippen LogP contribution in [0.2, 0.25) is 0 Å². The molecule has 2 aliphatic heterocycles. The predicted octanol–water partition coefficient (Wildman–Crippen LogP) is 1.41. The largest absolute Gasteiger partial charge is 0.478 e. The maximum Gasteiger partial charge on any atom is 0.335 e. The highest BCUT2D eigenvalue weighted by atomic mass is 16.5. The highest BCUT2D eigenvalue weighted by Gasteiger charge is 2.36. The van der Waals surface area contributed by atoms with Gasteiger partial charge in [0.1, 0.15) is 0 Å². The monoisotopic (exact) mass is 289 g/mol. The second-order valence-corrected chi connectivity index (χ2v) is 5.35. The number of imide groups is 1. The van der Waals surface area contributed by atoms with Crippen molar-refractivity contribution in [3.05, 3.63) is 34.9 Å². The summed E-state index contributed by atoms with van der Waals surface area (Å²) < 4.78 is 5.28. The summed E-state index contributed by atoms with van der Waals surface area (Å²) in [6, 6.07) is 4.04. The number of benzene rings is 1. The summed E-state index contributed by atoms with van der Waals surface area (Å²) >= 11 is 0. The summed E-state index contributed by atoms with van der Waals surface area (Å²) in [4.78, 5) is 36.6. The molecule has 6 nitrogen and oxygen atoms in total. The molecule has 2 aliphatic rings. The first kappa shape index (κ1) is 13.8. The van der Waals surface area contributed by atoms with Crippen LogP contribution in [0, 0.1) is 5.92 Å². The Labute approximate surface area is 121 Å². The summed E-state index contributed by atoms with van der Waals surface area (Å²) in [6.07, 6.45) is 1.67. The van der Waals surface area contributed by atoms with E-state index >= 15 is 0 Å². The molecule has 1 unspecified atom stereocenters. The number of carbonyl (C=O) groups is 3. The highest BCUT2D eigenvalue weighted by molar-refractivity contribution is 6.21. The van der Waals surface area contributed by atoms with Gasteiger partial charge < -0.3 is 9.84 Å². The first-order valence-corrected chi connectivity index (χ1v) is 6.89. The molecular formula is C15H15NO5. The van der Waals surface area contributed by atoms with E-state index in [9.17, 15) is 14.4 Å². The van der Waals surface area contributed by atoms with E-state index in [-0.39, 0.29) is 22.6 Å². The molecule has 1 atom stereocenters. The normalized spacial score (nSPS) is 21.0. The second-order valence-electron chi connectivity index (χ2n) is 5.35. The van der Waals surface area contributed by atoms with Crippen molar-refractivity contribution >= 4 is 17.8 Å². The first-order chi connectivity index (χ1) is 10.1. The zero-order valence-corrected chi connectivity index (χ0v) is 11.4. The average Bonchev–Trinajstić information content (AvgIpc) is 3.06. The lowest BCUT2D eigenvalue weighted by Crippen LogP contribution is -2.31. The van der Waals surface area contributed by atoms with E-state index in [2.05, 4.69) is 0 Å². The van der Waals surface area contributed by atoms with Gasteiger partial charge >= 0.3 is 5.97 Å². The van der Waals surface area contributed by atoms with Crippen LogP contribution in [0.1, 0.15) is 43.9 Å². The Bertz CT molecular complexity index is 618. The molecule has 0 radical (unpaired) electrons. The summed E-state index contributed by atoms with van der Waals surface area (Å²) in [6.45, 7) is 1.75. The Morgan fingerprint density at radius 2 is 2.05 bits per heavy atom. The third kappa shape index (κ3) is 2.42. The number of carbonyl (C=O) groups excluding carboxylic acids is 2. The van der Waals surface area contributed by atoms with E-state index < -0.39 is 11.9 Å². The third-order valence-corrected chi connectivity index (χ3v) is 4.00. The molecule has 2 heterocycles. The van der Waals surface area contributed by atoms with E-state index in [0.717, 1.165) is 19.4 Å². The number of amides is 2. The molecule has 1 aromatic rings. The van der Waals surface area contributed by atoms with Crippen molar-refractivity contribution in [2.24, 2.45) is 5.92 Å². The van der Waals surface area contributed by atoms with Crippen LogP contribution in [-0.2, 0) is 4.74 Å². The lowest BCUT2D eigenvalue weighted by molar-refractivity contribution is 0.0642. The van der Waals surface area contributed by atoms with Crippen molar-refractivity contribution in [2.45, 2.75) is 12.8 Å². The fourth-order valence-corrected chi connectivity index (χ4v) is 2.75. The topological polar surface area (TPSA) is 83.9 Å². The SMILES string of the molecule is O=C(O)c1ccc2c(c1)C(=O)N(CCC1CCOC1)C2=O. The molecule has 0 spiro atoms. The van der Waals surface area contributed by atoms with Crippen molar-refractivity contribution in [2.75, 3.05) is 19.8 Å². The van der Waals surface area contributed by atoms with Crippen molar-refractivity contribution < 1.29 is 24.2 Å². The Morgan fingerprint density at radius 1 is 1.29 bits per heavy atom. The molecule has 1 aromatic carbocycles. The molecule has 0 aromatic heterocycles. The van der Waals surface area contributed by atoms with Crippen LogP contribution in [-0.4, -0.2) is 47.5 Å². The maximum atomic E-state index is 12.3. The van der Waals surface area contributed by atoms with Gasteiger partial charge in [0.15, 0.2) is 0 Å². The van der Waals surface area contributed by atoms with E-state index in [1.807, 2.05) is 0 Å².